The summed E-state index contributed by atoms with van der Waals surface area (Å²) in [5.41, 5.74) is 0.906. The van der Waals surface area contributed by atoms with Crippen molar-refractivity contribution in [2.45, 2.75) is 5.92 Å². The molecule has 1 atom stereocenters. The number of nitrogens with one attached hydrogen (secondary N) is 2. The molecule has 6 heteroatoms. The van der Waals surface area contributed by atoms with Crippen molar-refractivity contribution in [3.8, 4) is 11.6 Å². The molecule has 1 aromatic heterocycles. The Labute approximate surface area is 148 Å². The molecule has 3 aromatic rings. The lowest BCUT2D eigenvalue weighted by molar-refractivity contribution is 0.407. The van der Waals surface area contributed by atoms with Crippen LogP contribution in [0.4, 0.5) is 0 Å². The van der Waals surface area contributed by atoms with E-state index < -0.39 is 17.2 Å². The quantitative estimate of drug-likeness (QED) is 0.762. The van der Waals surface area contributed by atoms with E-state index in [1.165, 1.54) is 0 Å². The zero-order chi connectivity index (χ0) is 18.1. The minimum absolute atomic E-state index is 0.149. The number of allylic oxidation sites excluding steroid dienone is 1. The van der Waals surface area contributed by atoms with E-state index in [1.54, 1.807) is 7.11 Å². The lowest BCUT2D eigenvalue weighted by Gasteiger charge is -2.25. The molecule has 0 amide bonds. The Kier molecular flexibility index (Phi) is 3.93. The van der Waals surface area contributed by atoms with Gasteiger partial charge in [0, 0.05) is 17.0 Å². The van der Waals surface area contributed by atoms with E-state index in [2.05, 4.69) is 9.97 Å². The SMILES string of the molecule is COc1ccccc1[C@@H]1C=C(c2ccccc2)Oc2[nH]c(=O)[nH]c(=O)c21. The van der Waals surface area contributed by atoms with Crippen molar-refractivity contribution in [2.24, 2.45) is 0 Å². The summed E-state index contributed by atoms with van der Waals surface area (Å²) in [6, 6.07) is 17.0. The number of H-pyrrole nitrogens is 2. The summed E-state index contributed by atoms with van der Waals surface area (Å²) >= 11 is 0. The van der Waals surface area contributed by atoms with Crippen LogP contribution >= 0.6 is 0 Å². The fraction of sp³-hybridized carbons (Fsp3) is 0.100. The molecule has 0 fully saturated rings. The van der Waals surface area contributed by atoms with Crippen LogP contribution in [-0.4, -0.2) is 17.1 Å². The lowest BCUT2D eigenvalue weighted by atomic mass is 9.89. The van der Waals surface area contributed by atoms with Gasteiger partial charge in [-0.1, -0.05) is 48.5 Å². The first-order valence-corrected chi connectivity index (χ1v) is 8.12. The third kappa shape index (κ3) is 2.71. The van der Waals surface area contributed by atoms with Gasteiger partial charge in [0.2, 0.25) is 5.88 Å². The first-order chi connectivity index (χ1) is 12.7. The van der Waals surface area contributed by atoms with Gasteiger partial charge in [-0.3, -0.25) is 14.8 Å². The number of methoxy groups -OCH3 is 1. The highest BCUT2D eigenvalue weighted by atomic mass is 16.5. The zero-order valence-electron chi connectivity index (χ0n) is 14.0. The van der Waals surface area contributed by atoms with E-state index in [0.29, 0.717) is 17.1 Å². The van der Waals surface area contributed by atoms with E-state index in [-0.39, 0.29) is 5.88 Å². The van der Waals surface area contributed by atoms with E-state index in [0.717, 1.165) is 11.1 Å². The summed E-state index contributed by atoms with van der Waals surface area (Å²) in [5.74, 6) is 0.941. The van der Waals surface area contributed by atoms with Gasteiger partial charge in [0.15, 0.2) is 0 Å². The van der Waals surface area contributed by atoms with Gasteiger partial charge in [-0.05, 0) is 12.1 Å². The van der Waals surface area contributed by atoms with Gasteiger partial charge >= 0.3 is 5.69 Å². The molecule has 0 aliphatic carbocycles. The van der Waals surface area contributed by atoms with Crippen molar-refractivity contribution in [3.63, 3.8) is 0 Å². The van der Waals surface area contributed by atoms with E-state index >= 15 is 0 Å². The number of aromatic nitrogens is 2. The Morgan fingerprint density at radius 1 is 0.962 bits per heavy atom. The average molecular weight is 348 g/mol. The molecule has 4 rings (SSSR count). The first-order valence-electron chi connectivity index (χ1n) is 8.12. The summed E-state index contributed by atoms with van der Waals surface area (Å²) in [7, 11) is 1.58. The molecule has 0 saturated heterocycles. The van der Waals surface area contributed by atoms with Crippen LogP contribution in [0.3, 0.4) is 0 Å². The van der Waals surface area contributed by atoms with E-state index in [9.17, 15) is 9.59 Å². The Hall–Kier alpha value is -3.54. The minimum atomic E-state index is -0.609. The molecule has 0 bridgehead atoms. The average Bonchev–Trinajstić information content (AvgIpc) is 2.67. The molecule has 1 aliphatic heterocycles. The summed E-state index contributed by atoms with van der Waals surface area (Å²) in [6.45, 7) is 0. The first kappa shape index (κ1) is 16.0. The van der Waals surface area contributed by atoms with Crippen molar-refractivity contribution in [1.82, 2.24) is 9.97 Å². The molecule has 2 N–H and O–H groups in total. The Bertz CT molecular complexity index is 1100. The summed E-state index contributed by atoms with van der Waals surface area (Å²) < 4.78 is 11.3. The molecule has 1 aliphatic rings. The lowest BCUT2D eigenvalue weighted by Crippen LogP contribution is -2.30. The maximum absolute atomic E-state index is 12.5. The van der Waals surface area contributed by atoms with Crippen molar-refractivity contribution in [2.75, 3.05) is 7.11 Å². The summed E-state index contributed by atoms with van der Waals surface area (Å²) in [4.78, 5) is 29.1. The highest BCUT2D eigenvalue weighted by molar-refractivity contribution is 5.67. The highest BCUT2D eigenvalue weighted by Gasteiger charge is 2.29. The van der Waals surface area contributed by atoms with Crippen LogP contribution in [0.2, 0.25) is 0 Å². The summed E-state index contributed by atoms with van der Waals surface area (Å²) in [5, 5.41) is 0. The van der Waals surface area contributed by atoms with Gasteiger partial charge in [-0.2, -0.15) is 0 Å². The molecule has 130 valence electrons. The third-order valence-corrected chi connectivity index (χ3v) is 4.32. The van der Waals surface area contributed by atoms with Gasteiger partial charge in [0.25, 0.3) is 5.56 Å². The van der Waals surface area contributed by atoms with Gasteiger partial charge in [-0.15, -0.1) is 0 Å². The van der Waals surface area contributed by atoms with E-state index in [4.69, 9.17) is 9.47 Å². The van der Waals surface area contributed by atoms with Crippen LogP contribution in [-0.2, 0) is 0 Å². The fourth-order valence-corrected chi connectivity index (χ4v) is 3.14. The maximum Gasteiger partial charge on any atom is 0.328 e. The Morgan fingerprint density at radius 3 is 2.46 bits per heavy atom. The predicted octanol–water partition coefficient (Wildman–Crippen LogP) is 2.64. The number of hydrogen-bond donors (Lipinski definition) is 2. The molecule has 0 saturated carbocycles. The Morgan fingerprint density at radius 2 is 1.69 bits per heavy atom. The molecule has 0 spiro atoms. The molecule has 6 nitrogen and oxygen atoms in total. The number of aromatic amines is 2. The van der Waals surface area contributed by atoms with Crippen molar-refractivity contribution in [3.05, 3.63) is 98.2 Å². The van der Waals surface area contributed by atoms with Crippen molar-refractivity contribution in [1.29, 1.82) is 0 Å². The number of rotatable bonds is 3. The molecule has 2 aromatic carbocycles. The molecular weight excluding hydrogens is 332 g/mol. The number of benzene rings is 2. The largest absolute Gasteiger partial charge is 0.496 e. The number of para-hydroxylation sites is 1. The van der Waals surface area contributed by atoms with Crippen LogP contribution in [0.1, 0.15) is 22.6 Å². The highest BCUT2D eigenvalue weighted by Crippen LogP contribution is 2.40. The molecule has 0 unspecified atom stereocenters. The van der Waals surface area contributed by atoms with Crippen LogP contribution in [0.25, 0.3) is 5.76 Å². The van der Waals surface area contributed by atoms with Crippen LogP contribution < -0.4 is 20.7 Å². The van der Waals surface area contributed by atoms with Crippen molar-refractivity contribution >= 4 is 5.76 Å². The standard InChI is InChI=1S/C20H16N2O4/c1-25-15-10-6-5-9-13(15)14-11-16(12-7-3-2-4-8-12)26-19-17(14)18(23)21-20(24)22-19/h2-11,14H,1H3,(H2,21,22,23,24)/t14-/m0/s1. The van der Waals surface area contributed by atoms with Gasteiger partial charge < -0.3 is 9.47 Å². The minimum Gasteiger partial charge on any atom is -0.496 e. The molecule has 2 heterocycles. The molecule has 0 radical (unpaired) electrons. The topological polar surface area (TPSA) is 84.2 Å². The maximum atomic E-state index is 12.5. The monoisotopic (exact) mass is 348 g/mol. The number of fused-ring (bicyclic) bond motifs is 1. The zero-order valence-corrected chi connectivity index (χ0v) is 14.0. The molecular formula is C20H16N2O4. The van der Waals surface area contributed by atoms with Crippen LogP contribution in [0.5, 0.6) is 11.6 Å². The van der Waals surface area contributed by atoms with Crippen molar-refractivity contribution < 1.29 is 9.47 Å². The number of ether oxygens (including phenoxy) is 2. The summed E-state index contributed by atoms with van der Waals surface area (Å²) in [6.07, 6.45) is 1.86. The van der Waals surface area contributed by atoms with Crippen LogP contribution in [0, 0.1) is 0 Å². The fourth-order valence-electron chi connectivity index (χ4n) is 3.14. The second kappa shape index (κ2) is 6.40. The van der Waals surface area contributed by atoms with Gasteiger partial charge in [0.1, 0.15) is 11.5 Å². The van der Waals surface area contributed by atoms with E-state index in [1.807, 2.05) is 60.7 Å². The predicted molar refractivity (Wildman–Crippen MR) is 97.6 cm³/mol. The Balaban J connectivity index is 1.97. The number of hydrogen-bond acceptors (Lipinski definition) is 4. The van der Waals surface area contributed by atoms with Gasteiger partial charge in [-0.25, -0.2) is 4.79 Å². The second-order valence-electron chi connectivity index (χ2n) is 5.87. The third-order valence-electron chi connectivity index (χ3n) is 4.32. The van der Waals surface area contributed by atoms with Crippen LogP contribution in [0.15, 0.2) is 70.3 Å². The molecule has 26 heavy (non-hydrogen) atoms. The van der Waals surface area contributed by atoms with Gasteiger partial charge in [0.05, 0.1) is 12.7 Å². The smallest absolute Gasteiger partial charge is 0.328 e. The second-order valence-corrected chi connectivity index (χ2v) is 5.87. The normalized spacial score (nSPS) is 15.6.